The van der Waals surface area contributed by atoms with Crippen LogP contribution in [0.2, 0.25) is 0 Å². The number of ether oxygens (including phenoxy) is 2. The van der Waals surface area contributed by atoms with E-state index in [0.29, 0.717) is 0 Å². The Bertz CT molecular complexity index is 535. The highest BCUT2D eigenvalue weighted by Crippen LogP contribution is 2.13. The van der Waals surface area contributed by atoms with E-state index in [2.05, 4.69) is 10.3 Å². The van der Waals surface area contributed by atoms with Crippen molar-refractivity contribution in [2.75, 3.05) is 13.3 Å². The van der Waals surface area contributed by atoms with Gasteiger partial charge < -0.3 is 14.8 Å². The highest BCUT2D eigenvalue weighted by molar-refractivity contribution is 8.13. The Balaban J connectivity index is 4.98. The standard InChI is InChI=1S/C16H29N3O5S/c1-10(17-13(21)23-15(2,3)4)11(20)18-12(25-9)19(8)14(22)24-16(5,6)7/h10H,1-9H3,(H,17,21)/t10-/m0/s1. The predicted molar refractivity (Wildman–Crippen MR) is 98.8 cm³/mol. The first-order valence-corrected chi connectivity index (χ1v) is 9.01. The van der Waals surface area contributed by atoms with Gasteiger partial charge in [-0.05, 0) is 54.7 Å². The van der Waals surface area contributed by atoms with Gasteiger partial charge in [0.2, 0.25) is 0 Å². The van der Waals surface area contributed by atoms with Crippen molar-refractivity contribution in [1.82, 2.24) is 10.2 Å². The van der Waals surface area contributed by atoms with Gasteiger partial charge in [-0.1, -0.05) is 11.8 Å². The first-order chi connectivity index (χ1) is 11.2. The Hall–Kier alpha value is -1.77. The van der Waals surface area contributed by atoms with Crippen molar-refractivity contribution in [3.05, 3.63) is 0 Å². The number of carbonyl (C=O) groups excluding carboxylic acids is 3. The van der Waals surface area contributed by atoms with E-state index in [1.165, 1.54) is 14.0 Å². The van der Waals surface area contributed by atoms with Gasteiger partial charge in [-0.15, -0.1) is 0 Å². The third kappa shape index (κ3) is 9.96. The molecule has 25 heavy (non-hydrogen) atoms. The molecule has 0 fully saturated rings. The summed E-state index contributed by atoms with van der Waals surface area (Å²) in [5, 5.41) is 2.57. The van der Waals surface area contributed by atoms with Gasteiger partial charge in [-0.3, -0.25) is 9.69 Å². The Morgan fingerprint density at radius 1 is 1.04 bits per heavy atom. The van der Waals surface area contributed by atoms with Crippen molar-refractivity contribution in [3.63, 3.8) is 0 Å². The van der Waals surface area contributed by atoms with Gasteiger partial charge in [0, 0.05) is 7.05 Å². The van der Waals surface area contributed by atoms with E-state index in [4.69, 9.17) is 9.47 Å². The number of amides is 3. The third-order valence-electron chi connectivity index (χ3n) is 2.45. The lowest BCUT2D eigenvalue weighted by atomic mass is 10.2. The molecule has 0 rings (SSSR count). The maximum atomic E-state index is 12.2. The molecule has 0 heterocycles. The number of hydrogen-bond acceptors (Lipinski definition) is 6. The molecule has 0 aliphatic heterocycles. The molecule has 1 N–H and O–H groups in total. The summed E-state index contributed by atoms with van der Waals surface area (Å²) in [5.41, 5.74) is -1.33. The smallest absolute Gasteiger partial charge is 0.416 e. The molecule has 0 saturated carbocycles. The zero-order valence-electron chi connectivity index (χ0n) is 16.4. The molecule has 1 atom stereocenters. The van der Waals surface area contributed by atoms with Crippen molar-refractivity contribution in [2.45, 2.75) is 65.7 Å². The molecule has 144 valence electrons. The summed E-state index contributed by atoms with van der Waals surface area (Å²) in [6.45, 7) is 11.9. The van der Waals surface area contributed by atoms with Crippen LogP contribution in [0.25, 0.3) is 0 Å². The topological polar surface area (TPSA) is 97.3 Å². The van der Waals surface area contributed by atoms with Gasteiger partial charge in [0.1, 0.15) is 17.2 Å². The average molecular weight is 375 g/mol. The minimum absolute atomic E-state index is 0.164. The summed E-state index contributed by atoms with van der Waals surface area (Å²) in [4.78, 5) is 41.0. The Morgan fingerprint density at radius 2 is 1.52 bits per heavy atom. The first kappa shape index (κ1) is 23.2. The molecule has 8 nitrogen and oxygen atoms in total. The zero-order valence-corrected chi connectivity index (χ0v) is 17.2. The number of amidine groups is 1. The van der Waals surface area contributed by atoms with Crippen molar-refractivity contribution < 1.29 is 23.9 Å². The Kier molecular flexibility index (Phi) is 8.43. The van der Waals surface area contributed by atoms with Gasteiger partial charge in [0.25, 0.3) is 5.91 Å². The van der Waals surface area contributed by atoms with Crippen LogP contribution in [0.3, 0.4) is 0 Å². The molecule has 0 unspecified atom stereocenters. The van der Waals surface area contributed by atoms with Crippen molar-refractivity contribution >= 4 is 35.0 Å². The molecule has 0 aliphatic rings. The van der Waals surface area contributed by atoms with E-state index < -0.39 is 35.3 Å². The fourth-order valence-corrected chi connectivity index (χ4v) is 1.93. The number of nitrogens with zero attached hydrogens (tertiary/aromatic N) is 2. The molecular formula is C16H29N3O5S. The molecule has 0 aromatic heterocycles. The number of hydrogen-bond donors (Lipinski definition) is 1. The van der Waals surface area contributed by atoms with Gasteiger partial charge in [-0.2, -0.15) is 4.99 Å². The van der Waals surface area contributed by atoms with Crippen LogP contribution < -0.4 is 5.32 Å². The molecule has 0 aromatic rings. The Labute approximate surface area is 153 Å². The van der Waals surface area contributed by atoms with Crippen molar-refractivity contribution in [1.29, 1.82) is 0 Å². The molecular weight excluding hydrogens is 346 g/mol. The fraction of sp³-hybridized carbons (Fsp3) is 0.750. The van der Waals surface area contributed by atoms with Crippen LogP contribution in [0.15, 0.2) is 4.99 Å². The van der Waals surface area contributed by atoms with Gasteiger partial charge in [-0.25, -0.2) is 9.59 Å². The second kappa shape index (κ2) is 9.07. The monoisotopic (exact) mass is 375 g/mol. The quantitative estimate of drug-likeness (QED) is 0.588. The maximum Gasteiger partial charge on any atom is 0.416 e. The van der Waals surface area contributed by atoms with E-state index in [1.54, 1.807) is 47.8 Å². The fourth-order valence-electron chi connectivity index (χ4n) is 1.40. The van der Waals surface area contributed by atoms with Crippen LogP contribution in [-0.4, -0.2) is 58.7 Å². The molecule has 0 bridgehead atoms. The molecule has 9 heteroatoms. The molecule has 0 aromatic carbocycles. The summed E-state index contributed by atoms with van der Waals surface area (Å²) < 4.78 is 10.3. The van der Waals surface area contributed by atoms with Gasteiger partial charge in [0.05, 0.1) is 0 Å². The number of alkyl carbamates (subject to hydrolysis) is 1. The number of aliphatic imine (C=N–C) groups is 1. The first-order valence-electron chi connectivity index (χ1n) is 7.79. The summed E-state index contributed by atoms with van der Waals surface area (Å²) in [5.74, 6) is -0.606. The zero-order chi connectivity index (χ0) is 20.0. The predicted octanol–water partition coefficient (Wildman–Crippen LogP) is 3.01. The minimum atomic E-state index is -0.899. The minimum Gasteiger partial charge on any atom is -0.444 e. The van der Waals surface area contributed by atoms with Gasteiger partial charge in [0.15, 0.2) is 5.17 Å². The van der Waals surface area contributed by atoms with E-state index in [0.717, 1.165) is 16.7 Å². The van der Waals surface area contributed by atoms with E-state index in [-0.39, 0.29) is 5.17 Å². The molecule has 0 radical (unpaired) electrons. The second-order valence-electron chi connectivity index (χ2n) is 7.34. The van der Waals surface area contributed by atoms with Crippen LogP contribution >= 0.6 is 11.8 Å². The summed E-state index contributed by atoms with van der Waals surface area (Å²) in [6, 6.07) is -0.899. The van der Waals surface area contributed by atoms with Crippen LogP contribution in [0.4, 0.5) is 9.59 Å². The normalized spacial score (nSPS) is 13.7. The third-order valence-corrected chi connectivity index (χ3v) is 3.18. The van der Waals surface area contributed by atoms with E-state index in [9.17, 15) is 14.4 Å². The average Bonchev–Trinajstić information content (AvgIpc) is 2.39. The summed E-state index contributed by atoms with van der Waals surface area (Å²) in [6.07, 6.45) is 0.342. The molecule has 3 amide bonds. The van der Waals surface area contributed by atoms with Crippen LogP contribution in [0, 0.1) is 0 Å². The summed E-state index contributed by atoms with van der Waals surface area (Å²) in [7, 11) is 1.46. The molecule has 0 aliphatic carbocycles. The highest BCUT2D eigenvalue weighted by atomic mass is 32.2. The number of thioether (sulfide) groups is 1. The maximum absolute atomic E-state index is 12.2. The molecule has 0 spiro atoms. The highest BCUT2D eigenvalue weighted by Gasteiger charge is 2.25. The van der Waals surface area contributed by atoms with Crippen molar-refractivity contribution in [3.8, 4) is 0 Å². The van der Waals surface area contributed by atoms with Crippen LogP contribution in [-0.2, 0) is 14.3 Å². The number of rotatable bonds is 2. The number of nitrogens with one attached hydrogen (secondary N) is 1. The lowest BCUT2D eigenvalue weighted by Gasteiger charge is -2.25. The lowest BCUT2D eigenvalue weighted by Crippen LogP contribution is -2.42. The number of carbonyl (C=O) groups is 3. The molecule has 0 saturated heterocycles. The van der Waals surface area contributed by atoms with Gasteiger partial charge >= 0.3 is 12.2 Å². The van der Waals surface area contributed by atoms with Crippen LogP contribution in [0.1, 0.15) is 48.5 Å². The second-order valence-corrected chi connectivity index (χ2v) is 8.12. The SMILES string of the molecule is CSC(=NC(=O)[C@H](C)NC(=O)OC(C)(C)C)N(C)C(=O)OC(C)(C)C. The van der Waals surface area contributed by atoms with E-state index >= 15 is 0 Å². The van der Waals surface area contributed by atoms with E-state index in [1.807, 2.05) is 0 Å². The summed E-state index contributed by atoms with van der Waals surface area (Å²) >= 11 is 1.12. The lowest BCUT2D eigenvalue weighted by molar-refractivity contribution is -0.119. The largest absolute Gasteiger partial charge is 0.444 e. The van der Waals surface area contributed by atoms with Crippen LogP contribution in [0.5, 0.6) is 0 Å². The van der Waals surface area contributed by atoms with Crippen molar-refractivity contribution in [2.24, 2.45) is 4.99 Å². The Morgan fingerprint density at radius 3 is 1.92 bits per heavy atom.